The molecule has 0 saturated heterocycles. The summed E-state index contributed by atoms with van der Waals surface area (Å²) in [6.45, 7) is 0. The van der Waals surface area contributed by atoms with Crippen LogP contribution in [0.15, 0.2) is 406 Å². The number of benzene rings is 17. The molecule has 3 aliphatic heterocycles. The molecule has 558 valence electrons. The highest BCUT2D eigenvalue weighted by Gasteiger charge is 2.40. The lowest BCUT2D eigenvalue weighted by Gasteiger charge is -2.33. The fraction of sp³-hybridized carbons (Fsp3) is 0.0185. The van der Waals surface area contributed by atoms with E-state index >= 15 is 0 Å². The highest BCUT2D eigenvalue weighted by atomic mass is 16.5. The summed E-state index contributed by atoms with van der Waals surface area (Å²) in [6.07, 6.45) is 8.89. The van der Waals surface area contributed by atoms with Gasteiger partial charge < -0.3 is 28.7 Å². The van der Waals surface area contributed by atoms with Crippen LogP contribution in [0, 0.1) is 0 Å². The zero-order valence-corrected chi connectivity index (χ0v) is 64.2. The standard InChI is InChI=1S/C108H69N9O2/c1-3-19-68(20-4-1)70-35-39-72(40-36-70)105-110-106(112-108(111-105)117-93-29-13-10-26-88(93)90-65-80(50-58-95(90)117)82-52-59-99-103(67-82)118-101-33-17-15-31-97(101)114(99)85-55-45-69-21-7-8-22-75(69)62-85)73-41-37-71(38-42-73)76-43-44-78-63-86(56-48-77(78)61-76)115-98-32-16-18-34-102(98)119-104-66-81(51-60-100(104)115)79-49-57-94-89(64-79)87-25-9-12-28-92(87)113(94)84-53-46-74(47-54-84)107-109-91-27-11-14-30-96(91)116(107)83-23-5-2-6-24-83/h1-67,88,93H. The molecule has 17 aromatic carbocycles. The summed E-state index contributed by atoms with van der Waals surface area (Å²) in [5.74, 6) is 5.86. The minimum atomic E-state index is -0.0900. The van der Waals surface area contributed by atoms with Gasteiger partial charge in [-0.25, -0.2) is 9.97 Å². The Balaban J connectivity index is 0.529. The van der Waals surface area contributed by atoms with Gasteiger partial charge in [-0.15, -0.1) is 0 Å². The van der Waals surface area contributed by atoms with Gasteiger partial charge in [0.25, 0.3) is 0 Å². The van der Waals surface area contributed by atoms with Crippen LogP contribution in [0.5, 0.6) is 23.0 Å². The lowest BCUT2D eigenvalue weighted by molar-refractivity contribution is 0.477. The molecule has 3 aromatic heterocycles. The molecule has 119 heavy (non-hydrogen) atoms. The molecule has 1 aliphatic carbocycles. The molecule has 2 atom stereocenters. The topological polar surface area (TPSA) is 89.6 Å². The lowest BCUT2D eigenvalue weighted by atomic mass is 9.89. The number of para-hydroxylation sites is 8. The van der Waals surface area contributed by atoms with Crippen molar-refractivity contribution >= 4 is 100 Å². The Hall–Kier alpha value is -16.0. The van der Waals surface area contributed by atoms with Crippen LogP contribution in [0.3, 0.4) is 0 Å². The Kier molecular flexibility index (Phi) is 15.5. The molecular formula is C108H69N9O2. The predicted octanol–water partition coefficient (Wildman–Crippen LogP) is 28.2. The molecule has 6 heterocycles. The van der Waals surface area contributed by atoms with Gasteiger partial charge in [0.1, 0.15) is 5.82 Å². The summed E-state index contributed by atoms with van der Waals surface area (Å²) in [5.41, 5.74) is 26.3. The number of allylic oxidation sites excluding steroid dienone is 2. The third kappa shape index (κ3) is 11.4. The second kappa shape index (κ2) is 27.4. The van der Waals surface area contributed by atoms with Gasteiger partial charge >= 0.3 is 0 Å². The molecule has 4 aliphatic rings. The van der Waals surface area contributed by atoms with E-state index in [-0.39, 0.29) is 12.0 Å². The van der Waals surface area contributed by atoms with Crippen LogP contribution in [0.25, 0.3) is 144 Å². The second-order valence-electron chi connectivity index (χ2n) is 30.9. The maximum Gasteiger partial charge on any atom is 0.234 e. The first-order valence-corrected chi connectivity index (χ1v) is 40.4. The number of fused-ring (bicyclic) bond motifs is 13. The minimum absolute atomic E-state index is 0.0312. The Morgan fingerprint density at radius 1 is 0.252 bits per heavy atom. The van der Waals surface area contributed by atoms with Gasteiger partial charge in [0.05, 0.1) is 50.9 Å². The second-order valence-corrected chi connectivity index (χ2v) is 30.9. The smallest absolute Gasteiger partial charge is 0.234 e. The highest BCUT2D eigenvalue weighted by molar-refractivity contribution is 6.11. The average Bonchev–Trinajstić information content (AvgIpc) is 1.62. The Morgan fingerprint density at radius 3 is 1.40 bits per heavy atom. The van der Waals surface area contributed by atoms with Crippen molar-refractivity contribution in [2.24, 2.45) is 0 Å². The van der Waals surface area contributed by atoms with Crippen molar-refractivity contribution in [1.82, 2.24) is 29.1 Å². The summed E-state index contributed by atoms with van der Waals surface area (Å²) in [4.78, 5) is 28.3. The van der Waals surface area contributed by atoms with E-state index in [9.17, 15) is 0 Å². The van der Waals surface area contributed by atoms with E-state index in [1.54, 1.807) is 0 Å². The zero-order chi connectivity index (χ0) is 78.2. The van der Waals surface area contributed by atoms with Crippen molar-refractivity contribution in [2.45, 2.75) is 12.0 Å². The van der Waals surface area contributed by atoms with E-state index in [0.29, 0.717) is 17.6 Å². The third-order valence-electron chi connectivity index (χ3n) is 24.0. The Bertz CT molecular complexity index is 7580. The predicted molar refractivity (Wildman–Crippen MR) is 485 cm³/mol. The van der Waals surface area contributed by atoms with Crippen molar-refractivity contribution in [3.63, 3.8) is 0 Å². The summed E-state index contributed by atoms with van der Waals surface area (Å²) in [6, 6.07) is 136. The zero-order valence-electron chi connectivity index (χ0n) is 64.2. The van der Waals surface area contributed by atoms with Crippen LogP contribution >= 0.6 is 0 Å². The molecule has 0 fully saturated rings. The van der Waals surface area contributed by atoms with Gasteiger partial charge in [-0.2, -0.15) is 9.97 Å². The summed E-state index contributed by atoms with van der Waals surface area (Å²) >= 11 is 0. The highest BCUT2D eigenvalue weighted by Crippen LogP contribution is 2.56. The van der Waals surface area contributed by atoms with Crippen LogP contribution in [0.4, 0.5) is 45.8 Å². The molecule has 11 heteroatoms. The molecule has 24 rings (SSSR count). The Morgan fingerprint density at radius 2 is 0.706 bits per heavy atom. The first-order valence-electron chi connectivity index (χ1n) is 40.4. The van der Waals surface area contributed by atoms with Crippen LogP contribution in [0.2, 0.25) is 0 Å². The fourth-order valence-electron chi connectivity index (χ4n) is 18.3. The quantitative estimate of drug-likeness (QED) is 0.119. The first kappa shape index (κ1) is 67.5. The van der Waals surface area contributed by atoms with E-state index in [2.05, 4.69) is 400 Å². The largest absolute Gasteiger partial charge is 0.453 e. The van der Waals surface area contributed by atoms with E-state index in [1.807, 2.05) is 30.3 Å². The van der Waals surface area contributed by atoms with Gasteiger partial charge in [-0.1, -0.05) is 249 Å². The summed E-state index contributed by atoms with van der Waals surface area (Å²) in [5, 5.41) is 6.98. The van der Waals surface area contributed by atoms with Crippen LogP contribution < -0.4 is 24.2 Å². The van der Waals surface area contributed by atoms with Gasteiger partial charge in [-0.05, 0) is 229 Å². The lowest BCUT2D eigenvalue weighted by Crippen LogP contribution is -2.30. The third-order valence-corrected chi connectivity index (χ3v) is 24.0. The number of hydrogen-bond donors (Lipinski definition) is 0. The first-order chi connectivity index (χ1) is 58.9. The average molecular weight is 1520 g/mol. The van der Waals surface area contributed by atoms with Crippen LogP contribution in [-0.2, 0) is 0 Å². The monoisotopic (exact) mass is 1520 g/mol. The number of imidazole rings is 1. The van der Waals surface area contributed by atoms with E-state index < -0.39 is 0 Å². The van der Waals surface area contributed by atoms with Gasteiger partial charge in [-0.3, -0.25) is 4.57 Å². The SMILES string of the molecule is C1=CC2c3cc(-c4ccc5c(c4)Oc4ccccc4N5c4ccc5ccccc5c4)ccc3N(c3nc(-c4ccc(-c5ccccc5)cc4)nc(-c4ccc(-c5ccc6cc(N7c8ccccc8Oc8cc(-c9ccc%10c(c9)c9ccccc9n%10-c9ccc(-c%10nc%11ccccc%11n%10-c%10ccccc%10)cc9)ccc87)ccc6c5)cc4)n3)C2C=C1. The molecular weight excluding hydrogens is 1460 g/mol. The summed E-state index contributed by atoms with van der Waals surface area (Å²) in [7, 11) is 0. The maximum atomic E-state index is 6.88. The molecule has 0 amide bonds. The normalized spacial score (nSPS) is 14.2. The number of hydrogen-bond acceptors (Lipinski definition) is 9. The van der Waals surface area contributed by atoms with Crippen LogP contribution in [-0.4, -0.2) is 35.1 Å². The van der Waals surface area contributed by atoms with Crippen molar-refractivity contribution < 1.29 is 9.47 Å². The van der Waals surface area contributed by atoms with Crippen molar-refractivity contribution in [3.8, 4) is 113 Å². The van der Waals surface area contributed by atoms with Crippen molar-refractivity contribution in [2.75, 3.05) is 14.7 Å². The Labute approximate surface area is 686 Å². The molecule has 0 spiro atoms. The maximum absolute atomic E-state index is 6.88. The van der Waals surface area contributed by atoms with E-state index in [4.69, 9.17) is 29.4 Å². The van der Waals surface area contributed by atoms with Gasteiger partial charge in [0, 0.05) is 61.8 Å². The molecule has 0 bridgehead atoms. The van der Waals surface area contributed by atoms with Crippen molar-refractivity contribution in [3.05, 3.63) is 412 Å². The number of anilines is 8. The van der Waals surface area contributed by atoms with Gasteiger partial charge in [0.15, 0.2) is 34.6 Å². The van der Waals surface area contributed by atoms with E-state index in [1.165, 1.54) is 27.1 Å². The summed E-state index contributed by atoms with van der Waals surface area (Å²) < 4.78 is 18.3. The number of rotatable bonds is 12. The van der Waals surface area contributed by atoms with Crippen molar-refractivity contribution in [1.29, 1.82) is 0 Å². The number of nitrogens with zero attached hydrogens (tertiary/aromatic N) is 9. The molecule has 0 radical (unpaired) electrons. The van der Waals surface area contributed by atoms with E-state index in [0.717, 1.165) is 174 Å². The van der Waals surface area contributed by atoms with Crippen LogP contribution in [0.1, 0.15) is 11.5 Å². The molecule has 20 aromatic rings. The molecule has 0 N–H and O–H groups in total. The minimum Gasteiger partial charge on any atom is -0.453 e. The molecule has 0 saturated carbocycles. The molecule has 2 unspecified atom stereocenters. The number of ether oxygens (including phenoxy) is 2. The van der Waals surface area contributed by atoms with Gasteiger partial charge in [0.2, 0.25) is 5.95 Å². The fourth-order valence-corrected chi connectivity index (χ4v) is 18.3. The molecule has 11 nitrogen and oxygen atoms in total. The number of aromatic nitrogens is 6.